The van der Waals surface area contributed by atoms with Gasteiger partial charge in [0.25, 0.3) is 5.91 Å². The minimum absolute atomic E-state index is 0.0741. The highest BCUT2D eigenvalue weighted by molar-refractivity contribution is 9.11. The second-order valence-corrected chi connectivity index (χ2v) is 7.56. The molecule has 20 heavy (non-hydrogen) atoms. The molecule has 1 atom stereocenters. The van der Waals surface area contributed by atoms with Crippen molar-refractivity contribution in [3.8, 4) is 0 Å². The van der Waals surface area contributed by atoms with Crippen LogP contribution in [0.25, 0.3) is 6.08 Å². The maximum absolute atomic E-state index is 12.4. The van der Waals surface area contributed by atoms with E-state index in [9.17, 15) is 4.79 Å². The van der Waals surface area contributed by atoms with E-state index in [4.69, 9.17) is 17.0 Å². The van der Waals surface area contributed by atoms with Gasteiger partial charge < -0.3 is 10.1 Å². The number of rotatable bonds is 3. The van der Waals surface area contributed by atoms with E-state index < -0.39 is 0 Å². The fourth-order valence-electron chi connectivity index (χ4n) is 2.28. The van der Waals surface area contributed by atoms with Crippen molar-refractivity contribution >= 4 is 56.6 Å². The number of thiophene rings is 1. The molecule has 1 amide bonds. The summed E-state index contributed by atoms with van der Waals surface area (Å²) >= 11 is 10.2. The van der Waals surface area contributed by atoms with Gasteiger partial charge in [-0.25, -0.2) is 0 Å². The summed E-state index contributed by atoms with van der Waals surface area (Å²) in [6.07, 6.45) is 3.98. The third kappa shape index (κ3) is 2.95. The molecule has 1 N–H and O–H groups in total. The summed E-state index contributed by atoms with van der Waals surface area (Å²) in [5.41, 5.74) is 0.530. The highest BCUT2D eigenvalue weighted by atomic mass is 79.9. The monoisotopic (exact) mass is 372 g/mol. The van der Waals surface area contributed by atoms with Crippen LogP contribution >= 0.6 is 39.5 Å². The van der Waals surface area contributed by atoms with Crippen LogP contribution in [0.15, 0.2) is 21.6 Å². The molecule has 3 rings (SSSR count). The molecular weight excluding hydrogens is 360 g/mol. The fraction of sp³-hybridized carbons (Fsp3) is 0.385. The van der Waals surface area contributed by atoms with E-state index in [0.29, 0.717) is 17.4 Å². The van der Waals surface area contributed by atoms with Crippen molar-refractivity contribution in [2.24, 2.45) is 0 Å². The van der Waals surface area contributed by atoms with Crippen LogP contribution in [0, 0.1) is 0 Å². The Morgan fingerprint density at radius 3 is 3.10 bits per heavy atom. The van der Waals surface area contributed by atoms with E-state index in [2.05, 4.69) is 21.2 Å². The topological polar surface area (TPSA) is 41.6 Å². The number of halogens is 1. The van der Waals surface area contributed by atoms with Crippen molar-refractivity contribution in [3.05, 3.63) is 26.5 Å². The molecule has 1 aromatic heterocycles. The van der Waals surface area contributed by atoms with Gasteiger partial charge in [-0.1, -0.05) is 0 Å². The summed E-state index contributed by atoms with van der Waals surface area (Å²) in [7, 11) is 0. The molecule has 1 unspecified atom stereocenters. The maximum Gasteiger partial charge on any atom is 0.276 e. The molecule has 0 saturated carbocycles. The molecule has 3 heterocycles. The van der Waals surface area contributed by atoms with Crippen LogP contribution in [0.3, 0.4) is 0 Å². The van der Waals surface area contributed by atoms with E-state index in [1.165, 1.54) is 0 Å². The van der Waals surface area contributed by atoms with Crippen LogP contribution in [0.2, 0.25) is 0 Å². The van der Waals surface area contributed by atoms with Crippen LogP contribution in [0.5, 0.6) is 0 Å². The van der Waals surface area contributed by atoms with E-state index in [-0.39, 0.29) is 12.0 Å². The van der Waals surface area contributed by atoms with Gasteiger partial charge >= 0.3 is 0 Å². The Labute approximate surface area is 134 Å². The number of nitrogens with one attached hydrogen (secondary N) is 1. The Morgan fingerprint density at radius 2 is 2.45 bits per heavy atom. The van der Waals surface area contributed by atoms with Crippen LogP contribution in [0.1, 0.15) is 17.7 Å². The van der Waals surface area contributed by atoms with Crippen molar-refractivity contribution in [1.29, 1.82) is 0 Å². The van der Waals surface area contributed by atoms with Gasteiger partial charge in [-0.05, 0) is 59.2 Å². The zero-order valence-corrected chi connectivity index (χ0v) is 13.8. The number of nitrogens with zero attached hydrogens (tertiary/aromatic N) is 1. The predicted molar refractivity (Wildman–Crippen MR) is 86.4 cm³/mol. The molecule has 2 saturated heterocycles. The van der Waals surface area contributed by atoms with Crippen molar-refractivity contribution in [1.82, 2.24) is 10.2 Å². The molecule has 1 aromatic rings. The summed E-state index contributed by atoms with van der Waals surface area (Å²) in [6, 6.07) is 3.92. The minimum Gasteiger partial charge on any atom is -0.376 e. The normalized spacial score (nSPS) is 24.8. The Balaban J connectivity index is 1.74. The van der Waals surface area contributed by atoms with Gasteiger partial charge in [-0.15, -0.1) is 11.3 Å². The SMILES string of the molecule is O=C1/C(=C/c2ccc(Br)s2)NC(=S)N1CC1CCCO1. The molecular formula is C13H13BrN2O2S2. The summed E-state index contributed by atoms with van der Waals surface area (Å²) < 4.78 is 6.60. The van der Waals surface area contributed by atoms with Gasteiger partial charge in [0.2, 0.25) is 0 Å². The van der Waals surface area contributed by atoms with Crippen molar-refractivity contribution in [3.63, 3.8) is 0 Å². The molecule has 106 valence electrons. The van der Waals surface area contributed by atoms with Gasteiger partial charge in [0.15, 0.2) is 5.11 Å². The first-order valence-electron chi connectivity index (χ1n) is 6.35. The first-order chi connectivity index (χ1) is 9.63. The second kappa shape index (κ2) is 5.93. The molecule has 0 aromatic carbocycles. The van der Waals surface area contributed by atoms with Crippen LogP contribution in [-0.4, -0.2) is 35.2 Å². The molecule has 0 bridgehead atoms. The number of thiocarbonyl (C=S) groups is 1. The predicted octanol–water partition coefficient (Wildman–Crippen LogP) is 2.75. The van der Waals surface area contributed by atoms with Gasteiger partial charge in [-0.3, -0.25) is 9.69 Å². The van der Waals surface area contributed by atoms with E-state index >= 15 is 0 Å². The van der Waals surface area contributed by atoms with E-state index in [0.717, 1.165) is 28.1 Å². The fourth-order valence-corrected chi connectivity index (χ4v) is 3.91. The molecule has 0 aliphatic carbocycles. The Bertz CT molecular complexity index is 579. The molecule has 0 radical (unpaired) electrons. The lowest BCUT2D eigenvalue weighted by Crippen LogP contribution is -2.37. The number of hydrogen-bond donors (Lipinski definition) is 1. The van der Waals surface area contributed by atoms with Gasteiger partial charge in [0, 0.05) is 11.5 Å². The molecule has 7 heteroatoms. The zero-order chi connectivity index (χ0) is 14.1. The van der Waals surface area contributed by atoms with Crippen molar-refractivity contribution < 1.29 is 9.53 Å². The number of hydrogen-bond acceptors (Lipinski definition) is 4. The molecule has 2 aliphatic rings. The number of carbonyl (C=O) groups excluding carboxylic acids is 1. The van der Waals surface area contributed by atoms with E-state index in [1.54, 1.807) is 16.2 Å². The molecule has 2 aliphatic heterocycles. The average molecular weight is 373 g/mol. The lowest BCUT2D eigenvalue weighted by atomic mass is 10.2. The Morgan fingerprint density at radius 1 is 1.60 bits per heavy atom. The summed E-state index contributed by atoms with van der Waals surface area (Å²) in [4.78, 5) is 15.0. The number of carbonyl (C=O) groups is 1. The van der Waals surface area contributed by atoms with Crippen molar-refractivity contribution in [2.75, 3.05) is 13.2 Å². The van der Waals surface area contributed by atoms with Crippen LogP contribution in [0.4, 0.5) is 0 Å². The van der Waals surface area contributed by atoms with Crippen molar-refractivity contribution in [2.45, 2.75) is 18.9 Å². The summed E-state index contributed by atoms with van der Waals surface area (Å²) in [5.74, 6) is -0.0741. The summed E-state index contributed by atoms with van der Waals surface area (Å²) in [5, 5.41) is 3.46. The zero-order valence-electron chi connectivity index (χ0n) is 10.6. The van der Waals surface area contributed by atoms with E-state index in [1.807, 2.05) is 18.2 Å². The lowest BCUT2D eigenvalue weighted by molar-refractivity contribution is -0.123. The quantitative estimate of drug-likeness (QED) is 0.654. The molecule has 2 fully saturated rings. The third-order valence-corrected chi connectivity index (χ3v) is 5.15. The standard InChI is InChI=1S/C13H13BrN2O2S2/c14-11-4-3-9(20-11)6-10-12(17)16(13(19)15-10)7-8-2-1-5-18-8/h3-4,6,8H,1-2,5,7H2,(H,15,19)/b10-6-. The number of ether oxygens (including phenoxy) is 1. The number of amides is 1. The average Bonchev–Trinajstić information content (AvgIpc) is 3.10. The van der Waals surface area contributed by atoms with Crippen LogP contribution < -0.4 is 5.32 Å². The largest absolute Gasteiger partial charge is 0.376 e. The lowest BCUT2D eigenvalue weighted by Gasteiger charge is -2.18. The first-order valence-corrected chi connectivity index (χ1v) is 8.37. The highest BCUT2D eigenvalue weighted by Gasteiger charge is 2.33. The first kappa shape index (κ1) is 14.2. The smallest absolute Gasteiger partial charge is 0.276 e. The second-order valence-electron chi connectivity index (χ2n) is 4.68. The molecule has 4 nitrogen and oxygen atoms in total. The minimum atomic E-state index is -0.0741. The molecule has 0 spiro atoms. The van der Waals surface area contributed by atoms with Crippen LogP contribution in [-0.2, 0) is 9.53 Å². The third-order valence-electron chi connectivity index (χ3n) is 3.25. The van der Waals surface area contributed by atoms with Gasteiger partial charge in [0.1, 0.15) is 5.70 Å². The highest BCUT2D eigenvalue weighted by Crippen LogP contribution is 2.25. The van der Waals surface area contributed by atoms with Gasteiger partial charge in [0.05, 0.1) is 16.4 Å². The maximum atomic E-state index is 12.4. The van der Waals surface area contributed by atoms with Gasteiger partial charge in [-0.2, -0.15) is 0 Å². The summed E-state index contributed by atoms with van der Waals surface area (Å²) in [6.45, 7) is 1.31. The Kier molecular flexibility index (Phi) is 4.21. The Hall–Kier alpha value is -0.760.